The van der Waals surface area contributed by atoms with E-state index in [4.69, 9.17) is 0 Å². The summed E-state index contributed by atoms with van der Waals surface area (Å²) in [4.78, 5) is 16.2. The lowest BCUT2D eigenvalue weighted by molar-refractivity contribution is -0.120. The number of hydrogen-bond donors (Lipinski definition) is 2. The van der Waals surface area contributed by atoms with Crippen LogP contribution in [0.2, 0.25) is 0 Å². The van der Waals surface area contributed by atoms with E-state index in [1.807, 2.05) is 6.92 Å². The summed E-state index contributed by atoms with van der Waals surface area (Å²) in [5.74, 6) is -0.0368. The average molecular weight is 247 g/mol. The van der Waals surface area contributed by atoms with E-state index in [1.54, 1.807) is 6.07 Å². The molecule has 2 aliphatic rings. The minimum atomic E-state index is -0.637. The van der Waals surface area contributed by atoms with Crippen molar-refractivity contribution in [3.63, 3.8) is 0 Å². The maximum Gasteiger partial charge on any atom is 0.256 e. The molecule has 94 valence electrons. The van der Waals surface area contributed by atoms with Crippen LogP contribution < -0.4 is 10.6 Å². The first-order chi connectivity index (χ1) is 8.63. The number of carbonyl (C=O) groups excluding carboxylic acids is 1. The Labute approximate surface area is 104 Å². The van der Waals surface area contributed by atoms with E-state index in [9.17, 15) is 9.18 Å². The third-order valence-electron chi connectivity index (χ3n) is 3.20. The van der Waals surface area contributed by atoms with Crippen molar-refractivity contribution in [1.29, 1.82) is 0 Å². The molecule has 5 heteroatoms. The Bertz CT molecular complexity index is 537. The minimum absolute atomic E-state index is 0.202. The summed E-state index contributed by atoms with van der Waals surface area (Å²) in [5, 5.41) is 5.84. The highest BCUT2D eigenvalue weighted by Gasteiger charge is 2.32. The zero-order chi connectivity index (χ0) is 12.7. The second-order valence-electron chi connectivity index (χ2n) is 4.79. The molecule has 0 saturated heterocycles. The second-order valence-corrected chi connectivity index (χ2v) is 4.79. The number of guanidine groups is 1. The molecule has 0 spiro atoms. The summed E-state index contributed by atoms with van der Waals surface area (Å²) in [5.41, 5.74) is 1.49. The standard InChI is InChI=1S/C13H14FN3O/c1-7-2-3-8(14)6-10(7)11-12(18)17-13(16-11)15-9-4-5-9/h2-3,6,9,11H,4-5H2,1H3,(H2,15,16,17,18). The van der Waals surface area contributed by atoms with Gasteiger partial charge in [-0.1, -0.05) is 6.07 Å². The number of benzene rings is 1. The van der Waals surface area contributed by atoms with Crippen molar-refractivity contribution in [2.75, 3.05) is 0 Å². The van der Waals surface area contributed by atoms with Gasteiger partial charge in [-0.25, -0.2) is 9.38 Å². The van der Waals surface area contributed by atoms with Crippen LogP contribution in [0.25, 0.3) is 0 Å². The molecule has 1 aliphatic carbocycles. The van der Waals surface area contributed by atoms with Crippen LogP contribution in [0, 0.1) is 12.7 Å². The van der Waals surface area contributed by atoms with Gasteiger partial charge in [0.1, 0.15) is 5.82 Å². The lowest BCUT2D eigenvalue weighted by Crippen LogP contribution is -2.37. The highest BCUT2D eigenvalue weighted by Crippen LogP contribution is 2.26. The second kappa shape index (κ2) is 4.08. The zero-order valence-corrected chi connectivity index (χ0v) is 10.0. The van der Waals surface area contributed by atoms with Crippen molar-refractivity contribution in [3.05, 3.63) is 35.1 Å². The van der Waals surface area contributed by atoms with Gasteiger partial charge in [-0.05, 0) is 43.0 Å². The maximum absolute atomic E-state index is 13.2. The Hall–Kier alpha value is -1.91. The van der Waals surface area contributed by atoms with Crippen molar-refractivity contribution in [2.45, 2.75) is 31.8 Å². The third-order valence-corrected chi connectivity index (χ3v) is 3.20. The van der Waals surface area contributed by atoms with E-state index < -0.39 is 6.04 Å². The summed E-state index contributed by atoms with van der Waals surface area (Å²) in [7, 11) is 0. The molecule has 0 bridgehead atoms. The number of rotatable bonds is 2. The summed E-state index contributed by atoms with van der Waals surface area (Å²) >= 11 is 0. The Morgan fingerprint density at radius 2 is 2.22 bits per heavy atom. The van der Waals surface area contributed by atoms with Crippen molar-refractivity contribution in [3.8, 4) is 0 Å². The molecule has 1 unspecified atom stereocenters. The first-order valence-corrected chi connectivity index (χ1v) is 6.05. The molecule has 0 aromatic heterocycles. The minimum Gasteiger partial charge on any atom is -0.353 e. The van der Waals surface area contributed by atoms with Gasteiger partial charge in [-0.15, -0.1) is 0 Å². The highest BCUT2D eigenvalue weighted by atomic mass is 19.1. The molecule has 1 fully saturated rings. The van der Waals surface area contributed by atoms with Gasteiger partial charge in [-0.3, -0.25) is 10.1 Å². The fraction of sp³-hybridized carbons (Fsp3) is 0.385. The van der Waals surface area contributed by atoms with Gasteiger partial charge in [0.2, 0.25) is 0 Å². The largest absolute Gasteiger partial charge is 0.353 e. The van der Waals surface area contributed by atoms with Gasteiger partial charge in [0, 0.05) is 6.04 Å². The molecule has 2 N–H and O–H groups in total. The lowest BCUT2D eigenvalue weighted by Gasteiger charge is -2.08. The predicted octanol–water partition coefficient (Wildman–Crippen LogP) is 1.41. The number of aliphatic imine (C=N–C) groups is 1. The summed E-state index contributed by atoms with van der Waals surface area (Å²) < 4.78 is 13.2. The topological polar surface area (TPSA) is 53.5 Å². The molecule has 1 aromatic carbocycles. The molecule has 1 aliphatic heterocycles. The van der Waals surface area contributed by atoms with E-state index in [1.165, 1.54) is 12.1 Å². The normalized spacial score (nSPS) is 22.7. The molecule has 1 amide bonds. The quantitative estimate of drug-likeness (QED) is 0.830. The molecule has 18 heavy (non-hydrogen) atoms. The fourth-order valence-electron chi connectivity index (χ4n) is 2.02. The van der Waals surface area contributed by atoms with Crippen LogP contribution >= 0.6 is 0 Å². The summed E-state index contributed by atoms with van der Waals surface area (Å²) in [6, 6.07) is 4.22. The van der Waals surface area contributed by atoms with Gasteiger partial charge >= 0.3 is 0 Å². The van der Waals surface area contributed by atoms with E-state index in [2.05, 4.69) is 15.6 Å². The number of halogens is 1. The lowest BCUT2D eigenvalue weighted by atomic mass is 10.0. The molecular formula is C13H14FN3O. The van der Waals surface area contributed by atoms with Crippen LogP contribution in [0.15, 0.2) is 23.2 Å². The van der Waals surface area contributed by atoms with Crippen LogP contribution in [0.1, 0.15) is 30.0 Å². The summed E-state index contributed by atoms with van der Waals surface area (Å²) in [6.45, 7) is 1.85. The first kappa shape index (κ1) is 11.2. The van der Waals surface area contributed by atoms with E-state index in [0.717, 1.165) is 18.4 Å². The number of nitrogens with zero attached hydrogens (tertiary/aromatic N) is 1. The number of carbonyl (C=O) groups is 1. The Kier molecular flexibility index (Phi) is 2.54. The number of amides is 1. The van der Waals surface area contributed by atoms with E-state index >= 15 is 0 Å². The first-order valence-electron chi connectivity index (χ1n) is 6.05. The molecule has 1 heterocycles. The molecule has 0 radical (unpaired) electrons. The molecule has 3 rings (SSSR count). The zero-order valence-electron chi connectivity index (χ0n) is 10.0. The number of hydrogen-bond acceptors (Lipinski definition) is 3. The van der Waals surface area contributed by atoms with Gasteiger partial charge in [-0.2, -0.15) is 0 Å². The molecule has 1 aromatic rings. The summed E-state index contributed by atoms with van der Waals surface area (Å²) in [6.07, 6.45) is 2.22. The molecule has 4 nitrogen and oxygen atoms in total. The fourth-order valence-corrected chi connectivity index (χ4v) is 2.02. The van der Waals surface area contributed by atoms with Crippen molar-refractivity contribution in [2.24, 2.45) is 4.99 Å². The van der Waals surface area contributed by atoms with Crippen LogP contribution in [-0.4, -0.2) is 17.9 Å². The maximum atomic E-state index is 13.2. The van der Waals surface area contributed by atoms with Gasteiger partial charge in [0.15, 0.2) is 12.0 Å². The Morgan fingerprint density at radius 3 is 2.94 bits per heavy atom. The number of aryl methyl sites for hydroxylation is 1. The highest BCUT2D eigenvalue weighted by molar-refractivity contribution is 6.05. The smallest absolute Gasteiger partial charge is 0.256 e. The van der Waals surface area contributed by atoms with Gasteiger partial charge in [0.05, 0.1) is 0 Å². The van der Waals surface area contributed by atoms with E-state index in [-0.39, 0.29) is 11.7 Å². The van der Waals surface area contributed by atoms with Crippen LogP contribution in [0.3, 0.4) is 0 Å². The van der Waals surface area contributed by atoms with Gasteiger partial charge < -0.3 is 5.32 Å². The SMILES string of the molecule is Cc1ccc(F)cc1C1N=C(NC2CC2)NC1=O. The molecular weight excluding hydrogens is 233 g/mol. The van der Waals surface area contributed by atoms with E-state index in [0.29, 0.717) is 17.6 Å². The van der Waals surface area contributed by atoms with Crippen LogP contribution in [0.5, 0.6) is 0 Å². The van der Waals surface area contributed by atoms with Crippen LogP contribution in [-0.2, 0) is 4.79 Å². The monoisotopic (exact) mass is 247 g/mol. The third kappa shape index (κ3) is 2.08. The van der Waals surface area contributed by atoms with Crippen molar-refractivity contribution >= 4 is 11.9 Å². The van der Waals surface area contributed by atoms with Crippen LogP contribution in [0.4, 0.5) is 4.39 Å². The molecule has 1 saturated carbocycles. The Morgan fingerprint density at radius 1 is 1.44 bits per heavy atom. The Balaban J connectivity index is 1.88. The van der Waals surface area contributed by atoms with Gasteiger partial charge in [0.25, 0.3) is 5.91 Å². The average Bonchev–Trinajstić information content (AvgIpc) is 3.06. The number of nitrogens with one attached hydrogen (secondary N) is 2. The predicted molar refractivity (Wildman–Crippen MR) is 65.6 cm³/mol. The van der Waals surface area contributed by atoms with Crippen molar-refractivity contribution in [1.82, 2.24) is 10.6 Å². The van der Waals surface area contributed by atoms with Crippen molar-refractivity contribution < 1.29 is 9.18 Å². The molecule has 1 atom stereocenters.